The Hall–Kier alpha value is -4.83. The second-order valence-electron chi connectivity index (χ2n) is 8.52. The van der Waals surface area contributed by atoms with Crippen LogP contribution in [0.5, 0.6) is 5.75 Å². The molecule has 0 bridgehead atoms. The molecule has 10 nitrogen and oxygen atoms in total. The maximum atomic E-state index is 13.3. The van der Waals surface area contributed by atoms with E-state index in [1.165, 1.54) is 29.4 Å². The molecule has 0 spiro atoms. The highest BCUT2D eigenvalue weighted by molar-refractivity contribution is 6.30. The quantitative estimate of drug-likeness (QED) is 0.312. The van der Waals surface area contributed by atoms with Crippen molar-refractivity contribution < 1.29 is 19.4 Å². The summed E-state index contributed by atoms with van der Waals surface area (Å²) in [5.74, 6) is -1.57. The van der Waals surface area contributed by atoms with Gasteiger partial charge in [-0.1, -0.05) is 54.1 Å². The zero-order valence-corrected chi connectivity index (χ0v) is 20.6. The predicted molar refractivity (Wildman–Crippen MR) is 141 cm³/mol. The molecule has 2 aromatic heterocycles. The number of rotatable bonds is 8. The van der Waals surface area contributed by atoms with Crippen LogP contribution in [0.2, 0.25) is 5.02 Å². The van der Waals surface area contributed by atoms with Gasteiger partial charge in [0.25, 0.3) is 11.5 Å². The lowest BCUT2D eigenvalue weighted by Gasteiger charge is -2.34. The molecule has 4 aromatic rings. The maximum Gasteiger partial charge on any atom is 0.338 e. The Labute approximate surface area is 221 Å². The molecule has 0 radical (unpaired) electrons. The normalized spacial score (nSPS) is 14.9. The smallest absolute Gasteiger partial charge is 0.338 e. The zero-order valence-electron chi connectivity index (χ0n) is 19.8. The number of primary amides is 1. The van der Waals surface area contributed by atoms with E-state index >= 15 is 0 Å². The van der Waals surface area contributed by atoms with Crippen molar-refractivity contribution in [1.82, 2.24) is 9.55 Å². The van der Waals surface area contributed by atoms with Crippen molar-refractivity contribution in [1.29, 1.82) is 0 Å². The minimum absolute atomic E-state index is 0.110. The number of aromatic nitrogens is 2. The Morgan fingerprint density at radius 1 is 1.11 bits per heavy atom. The van der Waals surface area contributed by atoms with E-state index in [0.717, 1.165) is 10.1 Å². The largest absolute Gasteiger partial charge is 0.489 e. The van der Waals surface area contributed by atoms with Crippen molar-refractivity contribution >= 4 is 35.0 Å². The molecule has 0 saturated carbocycles. The summed E-state index contributed by atoms with van der Waals surface area (Å²) in [6, 6.07) is 20.3. The monoisotopic (exact) mass is 531 g/mol. The molecular formula is C27H22ClN5O5. The number of carboxylic acids is 1. The summed E-state index contributed by atoms with van der Waals surface area (Å²) >= 11 is 6.06. The van der Waals surface area contributed by atoms with Crippen LogP contribution in [0, 0.1) is 0 Å². The first-order chi connectivity index (χ1) is 18.3. The van der Waals surface area contributed by atoms with Crippen LogP contribution in [0.15, 0.2) is 90.0 Å². The van der Waals surface area contributed by atoms with Gasteiger partial charge >= 0.3 is 5.97 Å². The highest BCUT2D eigenvalue weighted by Gasteiger charge is 2.42. The molecule has 1 amide bonds. The number of anilines is 2. The fourth-order valence-corrected chi connectivity index (χ4v) is 4.51. The lowest BCUT2D eigenvalue weighted by molar-refractivity contribution is -0.121. The Balaban J connectivity index is 1.57. The molecular weight excluding hydrogens is 510 g/mol. The summed E-state index contributed by atoms with van der Waals surface area (Å²) in [5, 5.41) is 13.5. The van der Waals surface area contributed by atoms with Crippen LogP contribution < -0.4 is 26.2 Å². The number of nitrogens with two attached hydrogens (primary N) is 1. The van der Waals surface area contributed by atoms with E-state index in [-0.39, 0.29) is 23.7 Å². The summed E-state index contributed by atoms with van der Waals surface area (Å²) < 4.78 is 6.88. The predicted octanol–water partition coefficient (Wildman–Crippen LogP) is 3.79. The molecule has 2 aromatic carbocycles. The first-order valence-electron chi connectivity index (χ1n) is 11.5. The highest BCUT2D eigenvalue weighted by Crippen LogP contribution is 2.45. The van der Waals surface area contributed by atoms with Gasteiger partial charge in [-0.2, -0.15) is 0 Å². The second-order valence-corrected chi connectivity index (χ2v) is 8.96. The van der Waals surface area contributed by atoms with Gasteiger partial charge in [0.15, 0.2) is 12.0 Å². The van der Waals surface area contributed by atoms with E-state index in [2.05, 4.69) is 10.3 Å². The van der Waals surface area contributed by atoms with Crippen LogP contribution in [-0.4, -0.2) is 26.5 Å². The molecule has 4 N–H and O–H groups in total. The van der Waals surface area contributed by atoms with Crippen molar-refractivity contribution in [3.63, 3.8) is 0 Å². The number of nitrogens with one attached hydrogen (secondary N) is 1. The maximum absolute atomic E-state index is 13.3. The van der Waals surface area contributed by atoms with Gasteiger partial charge in [-0.15, -0.1) is 0 Å². The Morgan fingerprint density at radius 2 is 1.84 bits per heavy atom. The summed E-state index contributed by atoms with van der Waals surface area (Å²) in [5.41, 5.74) is 6.86. The van der Waals surface area contributed by atoms with Gasteiger partial charge in [-0.25, -0.2) is 9.78 Å². The number of aromatic carboxylic acids is 1. The number of hydrogen-bond acceptors (Lipinski definition) is 7. The van der Waals surface area contributed by atoms with Crippen LogP contribution in [0.4, 0.5) is 11.5 Å². The molecule has 1 aliphatic rings. The van der Waals surface area contributed by atoms with Gasteiger partial charge in [0, 0.05) is 23.5 Å². The molecule has 3 heterocycles. The minimum Gasteiger partial charge on any atom is -0.489 e. The number of hydrogen-bond donors (Lipinski definition) is 3. The summed E-state index contributed by atoms with van der Waals surface area (Å²) in [6.45, 7) is 0.249. The third-order valence-corrected chi connectivity index (χ3v) is 6.35. The molecule has 0 saturated heterocycles. The molecule has 192 valence electrons. The summed E-state index contributed by atoms with van der Waals surface area (Å²) in [7, 11) is 0. The number of carbonyl (C=O) groups is 2. The Morgan fingerprint density at radius 3 is 2.50 bits per heavy atom. The molecule has 2 unspecified atom stereocenters. The van der Waals surface area contributed by atoms with E-state index in [1.54, 1.807) is 30.3 Å². The van der Waals surface area contributed by atoms with Crippen LogP contribution in [0.3, 0.4) is 0 Å². The van der Waals surface area contributed by atoms with Crippen LogP contribution in [0.1, 0.15) is 33.8 Å². The van der Waals surface area contributed by atoms with Gasteiger partial charge < -0.3 is 25.8 Å². The molecule has 0 aliphatic carbocycles. The van der Waals surface area contributed by atoms with E-state index < -0.39 is 29.8 Å². The molecule has 2 atom stereocenters. The van der Waals surface area contributed by atoms with E-state index in [9.17, 15) is 19.5 Å². The zero-order chi connectivity index (χ0) is 26.8. The van der Waals surface area contributed by atoms with Crippen LogP contribution >= 0.6 is 11.6 Å². The van der Waals surface area contributed by atoms with Crippen molar-refractivity contribution in [2.45, 2.75) is 18.9 Å². The van der Waals surface area contributed by atoms with Crippen molar-refractivity contribution in [3.8, 4) is 5.75 Å². The fourth-order valence-electron chi connectivity index (χ4n) is 4.39. The molecule has 38 heavy (non-hydrogen) atoms. The number of nitrogens with zero attached hydrogens (tertiary/aromatic N) is 3. The molecule has 5 rings (SSSR count). The molecule has 0 fully saturated rings. The van der Waals surface area contributed by atoms with Crippen molar-refractivity contribution in [3.05, 3.63) is 117 Å². The van der Waals surface area contributed by atoms with E-state index in [1.807, 2.05) is 30.3 Å². The number of ether oxygens (including phenoxy) is 1. The molecule has 1 aliphatic heterocycles. The fraction of sp³-hybridized carbons (Fsp3) is 0.111. The highest BCUT2D eigenvalue weighted by atomic mass is 35.5. The van der Waals surface area contributed by atoms with Crippen molar-refractivity contribution in [2.75, 3.05) is 10.2 Å². The van der Waals surface area contributed by atoms with Gasteiger partial charge in [0.05, 0.1) is 11.3 Å². The van der Waals surface area contributed by atoms with Crippen LogP contribution in [-0.2, 0) is 11.4 Å². The van der Waals surface area contributed by atoms with E-state index in [0.29, 0.717) is 16.3 Å². The Bertz CT molecular complexity index is 1560. The minimum atomic E-state index is -1.40. The summed E-state index contributed by atoms with van der Waals surface area (Å²) in [4.78, 5) is 44.0. The van der Waals surface area contributed by atoms with E-state index in [4.69, 9.17) is 22.1 Å². The number of benzene rings is 2. The molecule has 11 heteroatoms. The average molecular weight is 532 g/mol. The first-order valence-corrected chi connectivity index (χ1v) is 11.9. The van der Waals surface area contributed by atoms with Gasteiger partial charge in [-0.3, -0.25) is 14.2 Å². The number of pyridine rings is 2. The third-order valence-electron chi connectivity index (χ3n) is 6.10. The lowest BCUT2D eigenvalue weighted by Crippen LogP contribution is -2.46. The number of halogens is 1. The number of fused-ring (bicyclic) bond motifs is 1. The lowest BCUT2D eigenvalue weighted by atomic mass is 10.1. The number of carboxylic acid groups (broad SMARTS) is 1. The number of carbonyl (C=O) groups excluding carboxylic acids is 1. The van der Waals surface area contributed by atoms with Crippen molar-refractivity contribution in [2.24, 2.45) is 5.73 Å². The number of amides is 1. The first kappa shape index (κ1) is 24.8. The van der Waals surface area contributed by atoms with Crippen LogP contribution in [0.25, 0.3) is 0 Å². The Kier molecular flexibility index (Phi) is 6.71. The topological polar surface area (TPSA) is 140 Å². The average Bonchev–Trinajstić information content (AvgIpc) is 3.29. The second kappa shape index (κ2) is 10.3. The third kappa shape index (κ3) is 4.76. The summed E-state index contributed by atoms with van der Waals surface area (Å²) in [6.07, 6.45) is 0.560. The standard InChI is InChI=1S/C27H22ClN5O5/c28-18-8-6-17(7-9-18)25-31-24-22(20(27(36)37)10-12-30-24)33(25)26(23(29)35)32-13-11-19(14-21(32)34)38-15-16-4-2-1-3-5-16/h1-14,25-26H,15H2,(H2,29,35)(H,30,31)(H,36,37). The SMILES string of the molecule is NC(=O)C(N1c2c(C(=O)O)ccnc2NC1c1ccc(Cl)cc1)n1ccc(OCc2ccccc2)cc1=O. The van der Waals surface area contributed by atoms with Gasteiger partial charge in [0.2, 0.25) is 0 Å². The van der Waals surface area contributed by atoms with Gasteiger partial charge in [-0.05, 0) is 35.4 Å². The van der Waals surface area contributed by atoms with Gasteiger partial charge in [0.1, 0.15) is 18.5 Å².